The number of nitrogens with zero attached hydrogens (tertiary/aromatic N) is 2. The Morgan fingerprint density at radius 1 is 1.25 bits per heavy atom. The highest BCUT2D eigenvalue weighted by atomic mass is 15.2. The van der Waals surface area contributed by atoms with Crippen LogP contribution in [-0.4, -0.2) is 49.6 Å². The lowest BCUT2D eigenvalue weighted by Crippen LogP contribution is -2.41. The number of likely N-dealkylation sites (tertiary alicyclic amines) is 1. The van der Waals surface area contributed by atoms with E-state index in [0.29, 0.717) is 12.1 Å². The van der Waals surface area contributed by atoms with Gasteiger partial charge in [-0.1, -0.05) is 30.3 Å². The Morgan fingerprint density at radius 2 is 1.94 bits per heavy atom. The molecule has 0 aromatic heterocycles. The summed E-state index contributed by atoms with van der Waals surface area (Å²) in [4.78, 5) is 4.87. The highest BCUT2D eigenvalue weighted by Gasteiger charge is 2.32. The Labute approximate surface area is 98.9 Å². The minimum absolute atomic E-state index is 0.664. The first kappa shape index (κ1) is 11.6. The van der Waals surface area contributed by atoms with Gasteiger partial charge in [-0.3, -0.25) is 0 Å². The highest BCUT2D eigenvalue weighted by Crippen LogP contribution is 2.23. The summed E-state index contributed by atoms with van der Waals surface area (Å²) in [5.74, 6) is 0. The maximum Gasteiger partial charge on any atom is 0.0289 e. The third kappa shape index (κ3) is 2.45. The Hall–Kier alpha value is -0.860. The van der Waals surface area contributed by atoms with Crippen molar-refractivity contribution in [1.29, 1.82) is 0 Å². The lowest BCUT2D eigenvalue weighted by molar-refractivity contribution is 0.208. The SMILES string of the molecule is CN(C)[C@@H]1CCN(C)[C@H]1Cc1ccccc1. The zero-order valence-corrected chi connectivity index (χ0v) is 10.6. The third-order valence-corrected chi connectivity index (χ3v) is 3.74. The van der Waals surface area contributed by atoms with E-state index in [1.165, 1.54) is 24.9 Å². The van der Waals surface area contributed by atoms with E-state index in [0.717, 1.165) is 0 Å². The maximum absolute atomic E-state index is 2.50. The third-order valence-electron chi connectivity index (χ3n) is 3.74. The van der Waals surface area contributed by atoms with Crippen molar-refractivity contribution < 1.29 is 0 Å². The van der Waals surface area contributed by atoms with Crippen molar-refractivity contribution in [2.24, 2.45) is 0 Å². The molecule has 2 nitrogen and oxygen atoms in total. The van der Waals surface area contributed by atoms with Crippen molar-refractivity contribution in [1.82, 2.24) is 9.80 Å². The summed E-state index contributed by atoms with van der Waals surface area (Å²) >= 11 is 0. The van der Waals surface area contributed by atoms with Crippen LogP contribution in [0, 0.1) is 0 Å². The molecule has 1 aliphatic rings. The van der Waals surface area contributed by atoms with E-state index in [2.05, 4.69) is 61.3 Å². The minimum atomic E-state index is 0.664. The summed E-state index contributed by atoms with van der Waals surface area (Å²) in [6.45, 7) is 1.22. The van der Waals surface area contributed by atoms with E-state index in [9.17, 15) is 0 Å². The first-order valence-electron chi connectivity index (χ1n) is 6.09. The summed E-state index contributed by atoms with van der Waals surface area (Å²) in [5, 5.41) is 0. The van der Waals surface area contributed by atoms with Crippen LogP contribution in [0.3, 0.4) is 0 Å². The van der Waals surface area contributed by atoms with Gasteiger partial charge in [-0.05, 0) is 46.1 Å². The van der Waals surface area contributed by atoms with Crippen LogP contribution in [0.15, 0.2) is 30.3 Å². The van der Waals surface area contributed by atoms with E-state index < -0.39 is 0 Å². The van der Waals surface area contributed by atoms with Gasteiger partial charge in [0.05, 0.1) is 0 Å². The van der Waals surface area contributed by atoms with Crippen molar-refractivity contribution in [3.63, 3.8) is 0 Å². The molecule has 1 fully saturated rings. The first-order valence-corrected chi connectivity index (χ1v) is 6.09. The molecule has 0 saturated carbocycles. The summed E-state index contributed by atoms with van der Waals surface area (Å²) in [7, 11) is 6.64. The molecule has 1 heterocycles. The Bertz CT molecular complexity index is 321. The molecular formula is C14H22N2. The van der Waals surface area contributed by atoms with E-state index in [1.54, 1.807) is 0 Å². The molecule has 2 atom stereocenters. The fourth-order valence-electron chi connectivity index (χ4n) is 2.74. The molecule has 1 aliphatic heterocycles. The van der Waals surface area contributed by atoms with Gasteiger partial charge in [0.2, 0.25) is 0 Å². The number of rotatable bonds is 3. The second-order valence-electron chi connectivity index (χ2n) is 5.06. The van der Waals surface area contributed by atoms with E-state index in [-0.39, 0.29) is 0 Å². The van der Waals surface area contributed by atoms with Crippen molar-refractivity contribution in [3.8, 4) is 0 Å². The Balaban J connectivity index is 2.07. The predicted octanol–water partition coefficient (Wildman–Crippen LogP) is 1.86. The minimum Gasteiger partial charge on any atom is -0.305 e. The van der Waals surface area contributed by atoms with Crippen molar-refractivity contribution in [2.75, 3.05) is 27.7 Å². The maximum atomic E-state index is 2.50. The molecule has 88 valence electrons. The Morgan fingerprint density at radius 3 is 2.56 bits per heavy atom. The zero-order chi connectivity index (χ0) is 11.5. The topological polar surface area (TPSA) is 6.48 Å². The fourth-order valence-corrected chi connectivity index (χ4v) is 2.74. The molecule has 0 unspecified atom stereocenters. The molecule has 2 heteroatoms. The fraction of sp³-hybridized carbons (Fsp3) is 0.571. The average molecular weight is 218 g/mol. The lowest BCUT2D eigenvalue weighted by atomic mass is 10.00. The standard InChI is InChI=1S/C14H22N2/c1-15(2)13-9-10-16(3)14(13)11-12-7-5-4-6-8-12/h4-8,13-14H,9-11H2,1-3H3/t13-,14+/m1/s1. The second-order valence-corrected chi connectivity index (χ2v) is 5.06. The average Bonchev–Trinajstić information content (AvgIpc) is 2.62. The molecular weight excluding hydrogens is 196 g/mol. The normalized spacial score (nSPS) is 26.5. The van der Waals surface area contributed by atoms with Gasteiger partial charge < -0.3 is 9.80 Å². The van der Waals surface area contributed by atoms with E-state index in [4.69, 9.17) is 0 Å². The van der Waals surface area contributed by atoms with Gasteiger partial charge in [-0.15, -0.1) is 0 Å². The molecule has 0 N–H and O–H groups in total. The predicted molar refractivity (Wildman–Crippen MR) is 68.7 cm³/mol. The van der Waals surface area contributed by atoms with Crippen LogP contribution < -0.4 is 0 Å². The second kappa shape index (κ2) is 4.98. The van der Waals surface area contributed by atoms with Gasteiger partial charge >= 0.3 is 0 Å². The molecule has 1 saturated heterocycles. The van der Waals surface area contributed by atoms with Crippen LogP contribution in [0.25, 0.3) is 0 Å². The first-order chi connectivity index (χ1) is 7.68. The summed E-state index contributed by atoms with van der Waals surface area (Å²) < 4.78 is 0. The van der Waals surface area contributed by atoms with E-state index in [1.807, 2.05) is 0 Å². The Kier molecular flexibility index (Phi) is 3.62. The number of likely N-dealkylation sites (N-methyl/N-ethyl adjacent to an activating group) is 2. The summed E-state index contributed by atoms with van der Waals surface area (Å²) in [6.07, 6.45) is 2.46. The van der Waals surface area contributed by atoms with Crippen LogP contribution in [0.4, 0.5) is 0 Å². The lowest BCUT2D eigenvalue weighted by Gasteiger charge is -2.29. The van der Waals surface area contributed by atoms with Gasteiger partial charge in [0.1, 0.15) is 0 Å². The molecule has 0 radical (unpaired) electrons. The molecule has 0 spiro atoms. The number of benzene rings is 1. The quantitative estimate of drug-likeness (QED) is 0.764. The van der Waals surface area contributed by atoms with Gasteiger partial charge in [0.15, 0.2) is 0 Å². The molecule has 1 aromatic carbocycles. The molecule has 0 amide bonds. The van der Waals surface area contributed by atoms with E-state index >= 15 is 0 Å². The summed E-state index contributed by atoms with van der Waals surface area (Å²) in [6, 6.07) is 12.2. The smallest absolute Gasteiger partial charge is 0.0289 e. The summed E-state index contributed by atoms with van der Waals surface area (Å²) in [5.41, 5.74) is 1.45. The van der Waals surface area contributed by atoms with Gasteiger partial charge in [-0.2, -0.15) is 0 Å². The number of hydrogen-bond acceptors (Lipinski definition) is 2. The van der Waals surface area contributed by atoms with Gasteiger partial charge in [0.25, 0.3) is 0 Å². The largest absolute Gasteiger partial charge is 0.305 e. The van der Waals surface area contributed by atoms with Crippen LogP contribution in [0.5, 0.6) is 0 Å². The monoisotopic (exact) mass is 218 g/mol. The van der Waals surface area contributed by atoms with Crippen LogP contribution in [-0.2, 0) is 6.42 Å². The molecule has 16 heavy (non-hydrogen) atoms. The van der Waals surface area contributed by atoms with Crippen molar-refractivity contribution >= 4 is 0 Å². The number of hydrogen-bond donors (Lipinski definition) is 0. The molecule has 2 rings (SSSR count). The van der Waals surface area contributed by atoms with Crippen LogP contribution in [0.2, 0.25) is 0 Å². The van der Waals surface area contributed by atoms with Crippen molar-refractivity contribution in [2.45, 2.75) is 24.9 Å². The molecule has 0 bridgehead atoms. The van der Waals surface area contributed by atoms with Crippen LogP contribution in [0.1, 0.15) is 12.0 Å². The highest BCUT2D eigenvalue weighted by molar-refractivity contribution is 5.17. The zero-order valence-electron chi connectivity index (χ0n) is 10.6. The molecule has 0 aliphatic carbocycles. The van der Waals surface area contributed by atoms with Gasteiger partial charge in [-0.25, -0.2) is 0 Å². The van der Waals surface area contributed by atoms with Crippen LogP contribution >= 0.6 is 0 Å². The molecule has 1 aromatic rings. The van der Waals surface area contributed by atoms with Crippen molar-refractivity contribution in [3.05, 3.63) is 35.9 Å². The van der Waals surface area contributed by atoms with Gasteiger partial charge in [0, 0.05) is 12.1 Å².